The number of rotatable bonds is 3. The summed E-state index contributed by atoms with van der Waals surface area (Å²) in [6, 6.07) is 8.93. The molecule has 5 nitrogen and oxygen atoms in total. The number of piperazine rings is 1. The number of carbonyl (C=O) groups excluding carboxylic acids is 1. The lowest BCUT2D eigenvalue weighted by atomic mass is 10.1. The number of nitrogens with zero attached hydrogens (tertiary/aromatic N) is 4. The van der Waals surface area contributed by atoms with Crippen molar-refractivity contribution in [3.63, 3.8) is 0 Å². The van der Waals surface area contributed by atoms with Crippen LogP contribution in [0.5, 0.6) is 0 Å². The molecule has 5 heteroatoms. The maximum absolute atomic E-state index is 13.3. The van der Waals surface area contributed by atoms with Crippen molar-refractivity contribution in [2.75, 3.05) is 26.2 Å². The van der Waals surface area contributed by atoms with Crippen molar-refractivity contribution < 1.29 is 4.79 Å². The Morgan fingerprint density at radius 2 is 1.67 bits per heavy atom. The van der Waals surface area contributed by atoms with Gasteiger partial charge in [-0.2, -0.15) is 5.10 Å². The number of hydrogen-bond acceptors (Lipinski definition) is 3. The molecular formula is C22H30N4O. The second-order valence-electron chi connectivity index (χ2n) is 8.01. The first-order chi connectivity index (χ1) is 13.1. The fraction of sp³-hybridized carbons (Fsp3) is 0.545. The van der Waals surface area contributed by atoms with Gasteiger partial charge in [-0.05, 0) is 45.2 Å². The number of benzene rings is 1. The van der Waals surface area contributed by atoms with Crippen LogP contribution < -0.4 is 0 Å². The summed E-state index contributed by atoms with van der Waals surface area (Å²) in [5.74, 6) is 0.135. The number of amides is 1. The van der Waals surface area contributed by atoms with Gasteiger partial charge in [-0.3, -0.25) is 9.69 Å². The molecule has 27 heavy (non-hydrogen) atoms. The maximum atomic E-state index is 13.3. The van der Waals surface area contributed by atoms with E-state index in [2.05, 4.69) is 24.0 Å². The molecule has 0 atom stereocenters. The molecule has 2 aromatic rings. The van der Waals surface area contributed by atoms with E-state index in [1.165, 1.54) is 25.7 Å². The van der Waals surface area contributed by atoms with Gasteiger partial charge in [0.2, 0.25) is 0 Å². The molecule has 4 rings (SSSR count). The van der Waals surface area contributed by atoms with Crippen LogP contribution in [0, 0.1) is 20.8 Å². The summed E-state index contributed by atoms with van der Waals surface area (Å²) in [4.78, 5) is 17.9. The molecule has 1 saturated carbocycles. The molecule has 144 valence electrons. The lowest BCUT2D eigenvalue weighted by Gasteiger charge is -2.38. The van der Waals surface area contributed by atoms with Gasteiger partial charge in [-0.1, -0.05) is 31.0 Å². The highest BCUT2D eigenvalue weighted by Gasteiger charge is 2.30. The molecule has 0 unspecified atom stereocenters. The molecule has 1 aliphatic carbocycles. The number of para-hydroxylation sites is 1. The SMILES string of the molecule is Cc1ccccc1-n1nc(C)c(C(=O)N2CCN(C3CCCC3)CC2)c1C. The standard InChI is InChI=1S/C22H30N4O/c1-16-8-4-7-11-20(16)26-18(3)21(17(2)23-26)22(27)25-14-12-24(13-15-25)19-9-5-6-10-19/h4,7-8,11,19H,5-6,9-10,12-15H2,1-3H3. The second kappa shape index (κ2) is 7.47. The molecule has 2 fully saturated rings. The number of aryl methyl sites for hydroxylation is 2. The van der Waals surface area contributed by atoms with Crippen molar-refractivity contribution in [3.8, 4) is 5.69 Å². The zero-order valence-electron chi connectivity index (χ0n) is 16.7. The third-order valence-electron chi connectivity index (χ3n) is 6.29. The summed E-state index contributed by atoms with van der Waals surface area (Å²) in [6.45, 7) is 9.68. The summed E-state index contributed by atoms with van der Waals surface area (Å²) >= 11 is 0. The van der Waals surface area contributed by atoms with E-state index < -0.39 is 0 Å². The maximum Gasteiger partial charge on any atom is 0.257 e. The molecule has 1 aromatic carbocycles. The van der Waals surface area contributed by atoms with Crippen molar-refractivity contribution in [3.05, 3.63) is 46.8 Å². The Hall–Kier alpha value is -2.14. The minimum Gasteiger partial charge on any atom is -0.336 e. The summed E-state index contributed by atoms with van der Waals surface area (Å²) < 4.78 is 1.92. The van der Waals surface area contributed by atoms with E-state index in [1.807, 2.05) is 35.6 Å². The van der Waals surface area contributed by atoms with Crippen molar-refractivity contribution in [2.24, 2.45) is 0 Å². The fourth-order valence-corrected chi connectivity index (χ4v) is 4.71. The molecule has 0 spiro atoms. The van der Waals surface area contributed by atoms with E-state index in [0.29, 0.717) is 0 Å². The number of aromatic nitrogens is 2. The van der Waals surface area contributed by atoms with Crippen molar-refractivity contribution >= 4 is 5.91 Å². The highest BCUT2D eigenvalue weighted by atomic mass is 16.2. The third-order valence-corrected chi connectivity index (χ3v) is 6.29. The smallest absolute Gasteiger partial charge is 0.257 e. The van der Waals surface area contributed by atoms with Crippen LogP contribution in [-0.2, 0) is 0 Å². The Labute approximate surface area is 162 Å². The van der Waals surface area contributed by atoms with E-state index in [9.17, 15) is 4.79 Å². The average molecular weight is 367 g/mol. The van der Waals surface area contributed by atoms with Crippen molar-refractivity contribution in [2.45, 2.75) is 52.5 Å². The zero-order chi connectivity index (χ0) is 19.0. The molecule has 0 bridgehead atoms. The van der Waals surface area contributed by atoms with Crippen LogP contribution in [0.1, 0.15) is 53.0 Å². The zero-order valence-corrected chi connectivity index (χ0v) is 16.7. The predicted molar refractivity (Wildman–Crippen MR) is 108 cm³/mol. The first kappa shape index (κ1) is 18.2. The quantitative estimate of drug-likeness (QED) is 0.835. The van der Waals surface area contributed by atoms with Gasteiger partial charge in [0.1, 0.15) is 0 Å². The third kappa shape index (κ3) is 3.41. The van der Waals surface area contributed by atoms with Crippen molar-refractivity contribution in [1.82, 2.24) is 19.6 Å². The molecular weight excluding hydrogens is 336 g/mol. The van der Waals surface area contributed by atoms with E-state index in [4.69, 9.17) is 5.10 Å². The molecule has 0 N–H and O–H groups in total. The van der Waals surface area contributed by atoms with Crippen LogP contribution in [0.25, 0.3) is 5.69 Å². The van der Waals surface area contributed by atoms with Gasteiger partial charge in [0, 0.05) is 32.2 Å². The minimum absolute atomic E-state index is 0.135. The summed E-state index contributed by atoms with van der Waals surface area (Å²) in [7, 11) is 0. The molecule has 2 heterocycles. The van der Waals surface area contributed by atoms with Gasteiger partial charge in [-0.15, -0.1) is 0 Å². The fourth-order valence-electron chi connectivity index (χ4n) is 4.71. The average Bonchev–Trinajstić information content (AvgIpc) is 3.30. The summed E-state index contributed by atoms with van der Waals surface area (Å²) in [5, 5.41) is 4.69. The van der Waals surface area contributed by atoms with E-state index in [0.717, 1.165) is 60.4 Å². The second-order valence-corrected chi connectivity index (χ2v) is 8.01. The number of carbonyl (C=O) groups is 1. The normalized spacial score (nSPS) is 19.0. The van der Waals surface area contributed by atoms with Crippen LogP contribution in [0.4, 0.5) is 0 Å². The lowest BCUT2D eigenvalue weighted by molar-refractivity contribution is 0.0572. The van der Waals surface area contributed by atoms with Crippen LogP contribution in [0.2, 0.25) is 0 Å². The van der Waals surface area contributed by atoms with Gasteiger partial charge < -0.3 is 4.90 Å². The van der Waals surface area contributed by atoms with Crippen LogP contribution >= 0.6 is 0 Å². The minimum atomic E-state index is 0.135. The van der Waals surface area contributed by atoms with Gasteiger partial charge in [0.05, 0.1) is 22.6 Å². The predicted octanol–water partition coefficient (Wildman–Crippen LogP) is 3.50. The van der Waals surface area contributed by atoms with Gasteiger partial charge >= 0.3 is 0 Å². The molecule has 1 aromatic heterocycles. The first-order valence-corrected chi connectivity index (χ1v) is 10.2. The summed E-state index contributed by atoms with van der Waals surface area (Å²) in [6.07, 6.45) is 5.38. The Morgan fingerprint density at radius 1 is 1.00 bits per heavy atom. The number of hydrogen-bond donors (Lipinski definition) is 0. The Morgan fingerprint density at radius 3 is 2.33 bits per heavy atom. The largest absolute Gasteiger partial charge is 0.336 e. The van der Waals surface area contributed by atoms with Gasteiger partial charge in [0.25, 0.3) is 5.91 Å². The Bertz CT molecular complexity index is 827. The first-order valence-electron chi connectivity index (χ1n) is 10.2. The molecule has 1 saturated heterocycles. The molecule has 2 aliphatic rings. The topological polar surface area (TPSA) is 41.4 Å². The van der Waals surface area contributed by atoms with Crippen LogP contribution in [0.15, 0.2) is 24.3 Å². The van der Waals surface area contributed by atoms with Crippen LogP contribution in [0.3, 0.4) is 0 Å². The summed E-state index contributed by atoms with van der Waals surface area (Å²) in [5.41, 5.74) is 4.73. The van der Waals surface area contributed by atoms with E-state index in [-0.39, 0.29) is 5.91 Å². The van der Waals surface area contributed by atoms with Crippen LogP contribution in [-0.4, -0.2) is 57.7 Å². The molecule has 1 aliphatic heterocycles. The Kier molecular flexibility index (Phi) is 5.04. The van der Waals surface area contributed by atoms with E-state index >= 15 is 0 Å². The van der Waals surface area contributed by atoms with E-state index in [1.54, 1.807) is 0 Å². The highest BCUT2D eigenvalue weighted by Crippen LogP contribution is 2.26. The van der Waals surface area contributed by atoms with Gasteiger partial charge in [0.15, 0.2) is 0 Å². The molecule has 0 radical (unpaired) electrons. The Balaban J connectivity index is 1.52. The highest BCUT2D eigenvalue weighted by molar-refractivity contribution is 5.96. The van der Waals surface area contributed by atoms with Crippen molar-refractivity contribution in [1.29, 1.82) is 0 Å². The van der Waals surface area contributed by atoms with Gasteiger partial charge in [-0.25, -0.2) is 4.68 Å². The lowest BCUT2D eigenvalue weighted by Crippen LogP contribution is -2.51. The molecule has 1 amide bonds. The monoisotopic (exact) mass is 366 g/mol.